The molecule has 13 heteroatoms. The van der Waals surface area contributed by atoms with Gasteiger partial charge in [0.05, 0.1) is 12.7 Å². The van der Waals surface area contributed by atoms with Crippen molar-refractivity contribution in [2.24, 2.45) is 0 Å². The van der Waals surface area contributed by atoms with Crippen LogP contribution in [0.15, 0.2) is 24.3 Å². The van der Waals surface area contributed by atoms with Crippen molar-refractivity contribution in [3.05, 3.63) is 29.8 Å². The van der Waals surface area contributed by atoms with E-state index in [4.69, 9.17) is 15.2 Å². The van der Waals surface area contributed by atoms with Crippen molar-refractivity contribution in [1.82, 2.24) is 10.6 Å². The number of benzene rings is 1. The highest BCUT2D eigenvalue weighted by molar-refractivity contribution is 6.58. The highest BCUT2D eigenvalue weighted by Crippen LogP contribution is 2.06. The van der Waals surface area contributed by atoms with Gasteiger partial charge in [0.15, 0.2) is 0 Å². The van der Waals surface area contributed by atoms with Crippen LogP contribution < -0.4 is 16.1 Å². The van der Waals surface area contributed by atoms with Crippen LogP contribution >= 0.6 is 0 Å². The lowest BCUT2D eigenvalue weighted by Gasteiger charge is -2.26. The van der Waals surface area contributed by atoms with E-state index in [1.165, 1.54) is 31.2 Å². The monoisotopic (exact) mass is 456 g/mol. The zero-order valence-electron chi connectivity index (χ0n) is 17.5. The third-order valence-corrected chi connectivity index (χ3v) is 4.69. The first-order valence-corrected chi connectivity index (χ1v) is 9.85. The highest BCUT2D eigenvalue weighted by Gasteiger charge is 2.31. The van der Waals surface area contributed by atoms with Crippen molar-refractivity contribution in [3.8, 4) is 0 Å². The van der Waals surface area contributed by atoms with Crippen molar-refractivity contribution in [1.29, 1.82) is 0 Å². The molecule has 0 saturated heterocycles. The Labute approximate surface area is 184 Å². The molecule has 5 atom stereocenters. The van der Waals surface area contributed by atoms with E-state index in [1.54, 1.807) is 0 Å². The summed E-state index contributed by atoms with van der Waals surface area (Å²) < 4.78 is 0. The second kappa shape index (κ2) is 13.2. The third kappa shape index (κ3) is 8.63. The molecule has 0 spiro atoms. The molecule has 0 unspecified atom stereocenters. The maximum atomic E-state index is 12.5. The number of aliphatic hydroxyl groups excluding tert-OH is 5. The molecule has 0 aromatic heterocycles. The van der Waals surface area contributed by atoms with Crippen LogP contribution in [0.3, 0.4) is 0 Å². The number of carbonyl (C=O) groups is 3. The largest absolute Gasteiger partial charge is 0.488 e. The van der Waals surface area contributed by atoms with Crippen LogP contribution in [-0.2, 0) is 9.59 Å². The molecule has 0 aliphatic rings. The van der Waals surface area contributed by atoms with E-state index in [2.05, 4.69) is 10.6 Å². The highest BCUT2D eigenvalue weighted by atomic mass is 16.4. The zero-order chi connectivity index (χ0) is 24.4. The lowest BCUT2D eigenvalue weighted by atomic mass is 9.80. The molecule has 0 bridgehead atoms. The van der Waals surface area contributed by atoms with Gasteiger partial charge in [0, 0.05) is 18.5 Å². The molecule has 1 rings (SSSR count). The van der Waals surface area contributed by atoms with Crippen molar-refractivity contribution in [2.45, 2.75) is 50.2 Å². The quantitative estimate of drug-likeness (QED) is 0.129. The van der Waals surface area contributed by atoms with E-state index >= 15 is 0 Å². The van der Waals surface area contributed by atoms with E-state index in [9.17, 15) is 34.8 Å². The molecule has 0 saturated carbocycles. The molecule has 0 heterocycles. The minimum absolute atomic E-state index is 0.0272. The molecule has 178 valence electrons. The number of amides is 2. The van der Waals surface area contributed by atoms with Gasteiger partial charge >= 0.3 is 7.12 Å². The van der Waals surface area contributed by atoms with Crippen molar-refractivity contribution < 1.29 is 50.0 Å². The summed E-state index contributed by atoms with van der Waals surface area (Å²) in [7, 11) is -1.71. The topological polar surface area (TPSA) is 217 Å². The predicted molar refractivity (Wildman–Crippen MR) is 112 cm³/mol. The van der Waals surface area contributed by atoms with Gasteiger partial charge in [-0.1, -0.05) is 12.1 Å². The minimum atomic E-state index is -1.87. The van der Waals surface area contributed by atoms with Gasteiger partial charge in [0.2, 0.25) is 5.91 Å². The van der Waals surface area contributed by atoms with Gasteiger partial charge in [0.25, 0.3) is 5.91 Å². The molecular formula is C19H29BN2O10. The molecule has 0 radical (unpaired) electrons. The van der Waals surface area contributed by atoms with E-state index < -0.39 is 62.5 Å². The number of hydrogen-bond acceptors (Lipinski definition) is 10. The van der Waals surface area contributed by atoms with Crippen LogP contribution in [0.2, 0.25) is 0 Å². The number of nitrogens with one attached hydrogen (secondary N) is 2. The van der Waals surface area contributed by atoms with Gasteiger partial charge in [-0.15, -0.1) is 0 Å². The SMILES string of the molecule is CC(=O)CC[C@H](NC(=O)c1ccc(B(O)O)cc1)C(=O)NC[C@@H](O)[C@H](O)[C@@H](O)[C@@H](O)CO. The normalized spacial score (nSPS) is 15.8. The molecule has 12 nitrogen and oxygen atoms in total. The molecule has 0 fully saturated rings. The summed E-state index contributed by atoms with van der Waals surface area (Å²) in [6, 6.07) is 4.09. The maximum absolute atomic E-state index is 12.5. The standard InChI is InChI=1S/C19H29BN2O10/c1-10(24)2-7-13(22-18(29)11-3-5-12(6-4-11)20(31)32)19(30)21-8-14(25)16(27)17(28)15(26)9-23/h3-6,13-17,23,25-28,31-32H,2,7-9H2,1H3,(H,21,30)(H,22,29)/t13-,14+,15-,16-,17-/m0/s1. The first kappa shape index (κ1) is 27.6. The molecule has 9 N–H and O–H groups in total. The number of aliphatic hydroxyl groups is 5. The van der Waals surface area contributed by atoms with Gasteiger partial charge in [-0.3, -0.25) is 9.59 Å². The van der Waals surface area contributed by atoms with Gasteiger partial charge in [0.1, 0.15) is 30.1 Å². The van der Waals surface area contributed by atoms with Crippen LogP contribution in [0, 0.1) is 0 Å². The Bertz CT molecular complexity index is 761. The number of Topliss-reactive ketones (excluding diaryl/α,β-unsaturated/α-hetero) is 1. The van der Waals surface area contributed by atoms with Crippen LogP contribution in [0.4, 0.5) is 0 Å². The average Bonchev–Trinajstić information content (AvgIpc) is 2.77. The molecule has 0 aliphatic heterocycles. The van der Waals surface area contributed by atoms with Crippen LogP contribution in [0.1, 0.15) is 30.1 Å². The zero-order valence-corrected chi connectivity index (χ0v) is 17.5. The first-order valence-electron chi connectivity index (χ1n) is 9.85. The second-order valence-corrected chi connectivity index (χ2v) is 7.31. The summed E-state index contributed by atoms with van der Waals surface area (Å²) >= 11 is 0. The van der Waals surface area contributed by atoms with Crippen LogP contribution in [-0.4, -0.2) is 104 Å². The first-order chi connectivity index (χ1) is 15.0. The van der Waals surface area contributed by atoms with Crippen LogP contribution in [0.5, 0.6) is 0 Å². The fourth-order valence-corrected chi connectivity index (χ4v) is 2.68. The van der Waals surface area contributed by atoms with E-state index in [0.29, 0.717) is 0 Å². The maximum Gasteiger partial charge on any atom is 0.488 e. The van der Waals surface area contributed by atoms with Gasteiger partial charge in [-0.05, 0) is 30.9 Å². The van der Waals surface area contributed by atoms with Crippen molar-refractivity contribution in [2.75, 3.05) is 13.2 Å². The fraction of sp³-hybridized carbons (Fsp3) is 0.526. The summed E-state index contributed by atoms with van der Waals surface area (Å²) in [4.78, 5) is 36.3. The van der Waals surface area contributed by atoms with Crippen molar-refractivity contribution in [3.63, 3.8) is 0 Å². The third-order valence-electron chi connectivity index (χ3n) is 4.69. The lowest BCUT2D eigenvalue weighted by molar-refractivity contribution is -0.127. The smallest absolute Gasteiger partial charge is 0.423 e. The Morgan fingerprint density at radius 2 is 1.53 bits per heavy atom. The number of ketones is 1. The summed E-state index contributed by atoms with van der Waals surface area (Å²) in [5.41, 5.74) is 0.278. The summed E-state index contributed by atoms with van der Waals surface area (Å²) in [5.74, 6) is -1.67. The average molecular weight is 456 g/mol. The lowest BCUT2D eigenvalue weighted by Crippen LogP contribution is -2.52. The number of hydrogen-bond donors (Lipinski definition) is 9. The molecular weight excluding hydrogens is 427 g/mol. The van der Waals surface area contributed by atoms with Gasteiger partial charge in [-0.2, -0.15) is 0 Å². The Morgan fingerprint density at radius 1 is 0.969 bits per heavy atom. The minimum Gasteiger partial charge on any atom is -0.423 e. The Hall–Kier alpha value is -2.39. The van der Waals surface area contributed by atoms with Gasteiger partial charge in [-0.25, -0.2) is 0 Å². The van der Waals surface area contributed by atoms with E-state index in [0.717, 1.165) is 0 Å². The van der Waals surface area contributed by atoms with Crippen molar-refractivity contribution >= 4 is 30.2 Å². The Morgan fingerprint density at radius 3 is 2.03 bits per heavy atom. The molecule has 2 amide bonds. The molecule has 32 heavy (non-hydrogen) atoms. The molecule has 0 aliphatic carbocycles. The predicted octanol–water partition coefficient (Wildman–Crippen LogP) is -4.61. The Balaban J connectivity index is 2.79. The number of carbonyl (C=O) groups excluding carboxylic acids is 3. The second-order valence-electron chi connectivity index (χ2n) is 7.31. The van der Waals surface area contributed by atoms with Crippen LogP contribution in [0.25, 0.3) is 0 Å². The summed E-state index contributed by atoms with van der Waals surface area (Å²) in [6.45, 7) is -0.0941. The van der Waals surface area contributed by atoms with E-state index in [1.807, 2.05) is 0 Å². The van der Waals surface area contributed by atoms with E-state index in [-0.39, 0.29) is 29.7 Å². The number of rotatable bonds is 13. The molecule has 1 aromatic rings. The Kier molecular flexibility index (Phi) is 11.4. The summed E-state index contributed by atoms with van der Waals surface area (Å²) in [5, 5.41) is 70.4. The summed E-state index contributed by atoms with van der Waals surface area (Å²) in [6.07, 6.45) is -7.21. The fourth-order valence-electron chi connectivity index (χ4n) is 2.68. The van der Waals surface area contributed by atoms with Gasteiger partial charge < -0.3 is 51.0 Å². The molecule has 1 aromatic carbocycles.